The zero-order valence-electron chi connectivity index (χ0n) is 10.3. The number of alkyl halides is 1. The third-order valence-electron chi connectivity index (χ3n) is 2.41. The van der Waals surface area contributed by atoms with Gasteiger partial charge in [-0.25, -0.2) is 0 Å². The number of carbonyl (C=O) groups is 1. The largest absolute Gasteiger partial charge is 0.497 e. The molecule has 18 heavy (non-hydrogen) atoms. The Morgan fingerprint density at radius 3 is 2.72 bits per heavy atom. The van der Waals surface area contributed by atoms with Gasteiger partial charge < -0.3 is 19.9 Å². The highest BCUT2D eigenvalue weighted by Crippen LogP contribution is 2.28. The molecule has 2 N–H and O–H groups in total. The molecule has 0 aromatic heterocycles. The van der Waals surface area contributed by atoms with Gasteiger partial charge >= 0.3 is 0 Å². The minimum Gasteiger partial charge on any atom is -0.497 e. The van der Waals surface area contributed by atoms with Crippen LogP contribution in [-0.4, -0.2) is 37.1 Å². The van der Waals surface area contributed by atoms with Crippen LogP contribution in [0.15, 0.2) is 18.2 Å². The molecule has 0 aliphatic carbocycles. The van der Waals surface area contributed by atoms with Gasteiger partial charge in [-0.1, -0.05) is 15.9 Å². The van der Waals surface area contributed by atoms with Crippen LogP contribution in [0.25, 0.3) is 0 Å². The van der Waals surface area contributed by atoms with Gasteiger partial charge in [-0.3, -0.25) is 4.79 Å². The molecule has 0 saturated heterocycles. The van der Waals surface area contributed by atoms with Gasteiger partial charge in [0.25, 0.3) is 0 Å². The molecule has 100 valence electrons. The lowest BCUT2D eigenvalue weighted by atomic mass is 10.1. The normalized spacial score (nSPS) is 11.8. The van der Waals surface area contributed by atoms with Crippen molar-refractivity contribution in [1.82, 2.24) is 5.32 Å². The summed E-state index contributed by atoms with van der Waals surface area (Å²) in [7, 11) is 3.07. The van der Waals surface area contributed by atoms with Crippen molar-refractivity contribution in [3.8, 4) is 11.5 Å². The smallest absolute Gasteiger partial charge is 0.230 e. The summed E-state index contributed by atoms with van der Waals surface area (Å²) in [6.07, 6.45) is -0.849. The maximum absolute atomic E-state index is 11.1. The highest BCUT2D eigenvalue weighted by molar-refractivity contribution is 9.09. The van der Waals surface area contributed by atoms with Crippen LogP contribution in [-0.2, 0) is 4.79 Å². The monoisotopic (exact) mass is 317 g/mol. The Balaban J connectivity index is 2.82. The summed E-state index contributed by atoms with van der Waals surface area (Å²) in [5.74, 6) is 0.990. The third-order valence-corrected chi connectivity index (χ3v) is 2.92. The highest BCUT2D eigenvalue weighted by atomic mass is 79.9. The van der Waals surface area contributed by atoms with Crippen molar-refractivity contribution in [2.45, 2.75) is 6.10 Å². The van der Waals surface area contributed by atoms with Crippen LogP contribution in [0.3, 0.4) is 0 Å². The van der Waals surface area contributed by atoms with Crippen molar-refractivity contribution in [1.29, 1.82) is 0 Å². The molecule has 0 aliphatic rings. The molecule has 0 radical (unpaired) electrons. The first kappa shape index (κ1) is 14.8. The molecule has 1 amide bonds. The topological polar surface area (TPSA) is 67.8 Å². The summed E-state index contributed by atoms with van der Waals surface area (Å²) >= 11 is 3.03. The van der Waals surface area contributed by atoms with Crippen LogP contribution < -0.4 is 14.8 Å². The van der Waals surface area contributed by atoms with Crippen LogP contribution >= 0.6 is 15.9 Å². The number of ether oxygens (including phenoxy) is 2. The summed E-state index contributed by atoms with van der Waals surface area (Å²) in [6.45, 7) is 0.119. The van der Waals surface area contributed by atoms with Crippen molar-refractivity contribution >= 4 is 21.8 Å². The van der Waals surface area contributed by atoms with E-state index in [1.54, 1.807) is 25.3 Å². The Hall–Kier alpha value is -1.27. The van der Waals surface area contributed by atoms with Gasteiger partial charge in [0.05, 0.1) is 25.7 Å². The van der Waals surface area contributed by atoms with E-state index >= 15 is 0 Å². The SMILES string of the molecule is COc1ccc(OC)c(C(O)CNC(=O)CBr)c1. The van der Waals surface area contributed by atoms with E-state index in [2.05, 4.69) is 21.2 Å². The molecule has 0 spiro atoms. The average Bonchev–Trinajstić information content (AvgIpc) is 2.43. The van der Waals surface area contributed by atoms with Gasteiger partial charge in [-0.05, 0) is 18.2 Å². The van der Waals surface area contributed by atoms with Crippen molar-refractivity contribution in [2.75, 3.05) is 26.1 Å². The van der Waals surface area contributed by atoms with Crippen molar-refractivity contribution in [3.05, 3.63) is 23.8 Å². The lowest BCUT2D eigenvalue weighted by Crippen LogP contribution is -2.29. The van der Waals surface area contributed by atoms with E-state index in [0.29, 0.717) is 17.1 Å². The predicted molar refractivity (Wildman–Crippen MR) is 71.3 cm³/mol. The molecular weight excluding hydrogens is 302 g/mol. The quantitative estimate of drug-likeness (QED) is 0.775. The van der Waals surface area contributed by atoms with Crippen LogP contribution in [0.1, 0.15) is 11.7 Å². The molecule has 0 aliphatic heterocycles. The van der Waals surface area contributed by atoms with E-state index in [9.17, 15) is 9.90 Å². The van der Waals surface area contributed by atoms with Crippen molar-refractivity contribution in [3.63, 3.8) is 0 Å². The van der Waals surface area contributed by atoms with E-state index in [4.69, 9.17) is 9.47 Å². The predicted octanol–water partition coefficient (Wildman–Crippen LogP) is 1.25. The van der Waals surface area contributed by atoms with Gasteiger partial charge in [0, 0.05) is 12.1 Å². The molecule has 0 saturated carbocycles. The van der Waals surface area contributed by atoms with Crippen LogP contribution in [0, 0.1) is 0 Å². The number of aliphatic hydroxyl groups is 1. The molecule has 0 bridgehead atoms. The number of hydrogen-bond donors (Lipinski definition) is 2. The summed E-state index contributed by atoms with van der Waals surface area (Å²) in [5, 5.41) is 12.8. The second kappa shape index (κ2) is 7.23. The van der Waals surface area contributed by atoms with Crippen molar-refractivity contribution < 1.29 is 19.4 Å². The van der Waals surface area contributed by atoms with E-state index in [1.165, 1.54) is 7.11 Å². The molecular formula is C12H16BrNO4. The fourth-order valence-corrected chi connectivity index (χ4v) is 1.67. The number of halogens is 1. The zero-order chi connectivity index (χ0) is 13.5. The molecule has 1 atom stereocenters. The molecule has 6 heteroatoms. The van der Waals surface area contributed by atoms with Gasteiger partial charge in [-0.2, -0.15) is 0 Å². The lowest BCUT2D eigenvalue weighted by Gasteiger charge is -2.16. The van der Waals surface area contributed by atoms with E-state index in [1.807, 2.05) is 0 Å². The van der Waals surface area contributed by atoms with Crippen LogP contribution in [0.4, 0.5) is 0 Å². The molecule has 0 fully saturated rings. The number of rotatable bonds is 6. The Morgan fingerprint density at radius 2 is 2.17 bits per heavy atom. The molecule has 1 aromatic rings. The fraction of sp³-hybridized carbons (Fsp3) is 0.417. The molecule has 1 rings (SSSR count). The Kier molecular flexibility index (Phi) is 5.94. The number of hydrogen-bond acceptors (Lipinski definition) is 4. The van der Waals surface area contributed by atoms with Gasteiger partial charge in [0.2, 0.25) is 5.91 Å². The average molecular weight is 318 g/mol. The van der Waals surface area contributed by atoms with Crippen LogP contribution in [0.2, 0.25) is 0 Å². The Morgan fingerprint density at radius 1 is 1.44 bits per heavy atom. The highest BCUT2D eigenvalue weighted by Gasteiger charge is 2.15. The van der Waals surface area contributed by atoms with E-state index in [-0.39, 0.29) is 17.8 Å². The third kappa shape index (κ3) is 3.89. The molecule has 5 nitrogen and oxygen atoms in total. The number of nitrogens with one attached hydrogen (secondary N) is 1. The maximum atomic E-state index is 11.1. The van der Waals surface area contributed by atoms with Crippen molar-refractivity contribution in [2.24, 2.45) is 0 Å². The summed E-state index contributed by atoms with van der Waals surface area (Å²) < 4.78 is 10.3. The Bertz CT molecular complexity index is 411. The second-order valence-electron chi connectivity index (χ2n) is 3.56. The van der Waals surface area contributed by atoms with E-state index < -0.39 is 6.10 Å². The first-order chi connectivity index (χ1) is 8.62. The number of methoxy groups -OCH3 is 2. The van der Waals surface area contributed by atoms with Crippen LogP contribution in [0.5, 0.6) is 11.5 Å². The lowest BCUT2D eigenvalue weighted by molar-refractivity contribution is -0.118. The molecule has 0 heterocycles. The van der Waals surface area contributed by atoms with Gasteiger partial charge in [0.1, 0.15) is 11.5 Å². The standard InChI is InChI=1S/C12H16BrNO4/c1-17-8-3-4-11(18-2)9(5-8)10(15)7-14-12(16)6-13/h3-5,10,15H,6-7H2,1-2H3,(H,14,16). The van der Waals surface area contributed by atoms with Gasteiger partial charge in [-0.15, -0.1) is 0 Å². The first-order valence-corrected chi connectivity index (χ1v) is 6.47. The zero-order valence-corrected chi connectivity index (χ0v) is 11.9. The molecule has 1 aromatic carbocycles. The maximum Gasteiger partial charge on any atom is 0.230 e. The number of carbonyl (C=O) groups excluding carboxylic acids is 1. The minimum absolute atomic E-state index is 0.119. The molecule has 1 unspecified atom stereocenters. The van der Waals surface area contributed by atoms with E-state index in [0.717, 1.165) is 0 Å². The fourth-order valence-electron chi connectivity index (χ4n) is 1.47. The second-order valence-corrected chi connectivity index (χ2v) is 4.12. The number of amides is 1. The Labute approximate surface area is 114 Å². The summed E-state index contributed by atoms with van der Waals surface area (Å²) in [4.78, 5) is 11.1. The number of benzene rings is 1. The number of aliphatic hydroxyl groups excluding tert-OH is 1. The summed E-state index contributed by atoms with van der Waals surface area (Å²) in [5.41, 5.74) is 0.576. The summed E-state index contributed by atoms with van der Waals surface area (Å²) in [6, 6.07) is 5.14. The first-order valence-electron chi connectivity index (χ1n) is 5.35. The minimum atomic E-state index is -0.849. The van der Waals surface area contributed by atoms with Gasteiger partial charge in [0.15, 0.2) is 0 Å².